The van der Waals surface area contributed by atoms with Gasteiger partial charge >= 0.3 is 0 Å². The third-order valence-electron chi connectivity index (χ3n) is 2.72. The maximum absolute atomic E-state index is 5.92. The zero-order valence-electron chi connectivity index (χ0n) is 7.59. The van der Waals surface area contributed by atoms with Crippen molar-refractivity contribution in [1.82, 2.24) is 0 Å². The summed E-state index contributed by atoms with van der Waals surface area (Å²) >= 11 is 11.8. The van der Waals surface area contributed by atoms with E-state index in [1.165, 1.54) is 5.56 Å². The van der Waals surface area contributed by atoms with Crippen LogP contribution in [0, 0.1) is 0 Å². The SMILES string of the molecule is Cl.NCC1(c2cc(Cl)cc(Cl)c2)CC1. The Labute approximate surface area is 100.0 Å². The number of hydrogen-bond donors (Lipinski definition) is 1. The summed E-state index contributed by atoms with van der Waals surface area (Å²) in [5.74, 6) is 0. The number of rotatable bonds is 2. The van der Waals surface area contributed by atoms with Crippen molar-refractivity contribution < 1.29 is 0 Å². The lowest BCUT2D eigenvalue weighted by molar-refractivity contribution is 0.705. The van der Waals surface area contributed by atoms with Gasteiger partial charge in [0.25, 0.3) is 0 Å². The fourth-order valence-corrected chi connectivity index (χ4v) is 2.15. The summed E-state index contributed by atoms with van der Waals surface area (Å²) in [5.41, 5.74) is 7.08. The number of halogens is 3. The van der Waals surface area contributed by atoms with Gasteiger partial charge in [-0.25, -0.2) is 0 Å². The summed E-state index contributed by atoms with van der Waals surface area (Å²) in [6, 6.07) is 5.68. The standard InChI is InChI=1S/C10H11Cl2N.ClH/c11-8-3-7(4-9(12)5-8)10(6-13)1-2-10;/h3-5H,1-2,6,13H2;1H. The Bertz CT molecular complexity index is 314. The molecule has 0 spiro atoms. The molecule has 0 amide bonds. The number of nitrogens with two attached hydrogens (primary N) is 1. The van der Waals surface area contributed by atoms with Crippen molar-refractivity contribution in [3.8, 4) is 0 Å². The zero-order valence-corrected chi connectivity index (χ0v) is 9.92. The summed E-state index contributed by atoms with van der Waals surface area (Å²) in [6.45, 7) is 0.684. The predicted molar refractivity (Wildman–Crippen MR) is 63.7 cm³/mol. The predicted octanol–water partition coefficient (Wildman–Crippen LogP) is 3.41. The molecule has 0 heterocycles. The Balaban J connectivity index is 0.000000980. The molecule has 2 rings (SSSR count). The number of benzene rings is 1. The van der Waals surface area contributed by atoms with Crippen molar-refractivity contribution >= 4 is 35.6 Å². The molecule has 0 bridgehead atoms. The van der Waals surface area contributed by atoms with Gasteiger partial charge in [-0.2, -0.15) is 0 Å². The highest BCUT2D eigenvalue weighted by molar-refractivity contribution is 6.34. The number of hydrogen-bond acceptors (Lipinski definition) is 1. The van der Waals surface area contributed by atoms with Crippen LogP contribution < -0.4 is 5.73 Å². The van der Waals surface area contributed by atoms with E-state index in [2.05, 4.69) is 0 Å². The molecule has 1 fully saturated rings. The van der Waals surface area contributed by atoms with Gasteiger partial charge in [-0.05, 0) is 36.6 Å². The summed E-state index contributed by atoms with van der Waals surface area (Å²) in [7, 11) is 0. The van der Waals surface area contributed by atoms with Crippen LogP contribution in [0.25, 0.3) is 0 Å². The van der Waals surface area contributed by atoms with Gasteiger partial charge in [-0.1, -0.05) is 23.2 Å². The molecule has 4 heteroatoms. The van der Waals surface area contributed by atoms with E-state index in [4.69, 9.17) is 28.9 Å². The summed E-state index contributed by atoms with van der Waals surface area (Å²) in [4.78, 5) is 0. The van der Waals surface area contributed by atoms with Crippen molar-refractivity contribution in [2.24, 2.45) is 5.73 Å². The highest BCUT2D eigenvalue weighted by Gasteiger charge is 2.42. The average molecular weight is 253 g/mol. The van der Waals surface area contributed by atoms with E-state index in [0.717, 1.165) is 12.8 Å². The molecule has 0 unspecified atom stereocenters. The van der Waals surface area contributed by atoms with Gasteiger partial charge in [-0.15, -0.1) is 12.4 Å². The second-order valence-corrected chi connectivity index (χ2v) is 4.52. The molecule has 0 aromatic heterocycles. The Morgan fingerprint density at radius 2 is 1.64 bits per heavy atom. The molecule has 1 saturated carbocycles. The highest BCUT2D eigenvalue weighted by Crippen LogP contribution is 2.48. The normalized spacial score (nSPS) is 17.4. The van der Waals surface area contributed by atoms with Gasteiger partial charge in [0.15, 0.2) is 0 Å². The van der Waals surface area contributed by atoms with Crippen LogP contribution in [0.5, 0.6) is 0 Å². The first-order chi connectivity index (χ1) is 6.16. The van der Waals surface area contributed by atoms with Crippen LogP contribution in [0.4, 0.5) is 0 Å². The molecule has 0 aliphatic heterocycles. The van der Waals surface area contributed by atoms with Crippen LogP contribution in [0.15, 0.2) is 18.2 Å². The molecule has 2 N–H and O–H groups in total. The Kier molecular flexibility index (Phi) is 3.70. The Morgan fingerprint density at radius 3 is 2.00 bits per heavy atom. The van der Waals surface area contributed by atoms with Crippen LogP contribution >= 0.6 is 35.6 Å². The molecule has 78 valence electrons. The fourth-order valence-electron chi connectivity index (χ4n) is 1.62. The molecule has 1 aromatic rings. The first-order valence-electron chi connectivity index (χ1n) is 4.33. The minimum absolute atomic E-state index is 0. The maximum atomic E-state index is 5.92. The van der Waals surface area contributed by atoms with Crippen LogP contribution in [0.1, 0.15) is 18.4 Å². The van der Waals surface area contributed by atoms with E-state index in [0.29, 0.717) is 16.6 Å². The van der Waals surface area contributed by atoms with Gasteiger partial charge < -0.3 is 5.73 Å². The molecule has 0 radical (unpaired) electrons. The van der Waals surface area contributed by atoms with Gasteiger partial charge in [0.2, 0.25) is 0 Å². The van der Waals surface area contributed by atoms with E-state index in [1.807, 2.05) is 12.1 Å². The highest BCUT2D eigenvalue weighted by atomic mass is 35.5. The molecule has 1 aliphatic rings. The van der Waals surface area contributed by atoms with Gasteiger partial charge in [-0.3, -0.25) is 0 Å². The quantitative estimate of drug-likeness (QED) is 0.858. The van der Waals surface area contributed by atoms with Gasteiger partial charge in [0.05, 0.1) is 0 Å². The summed E-state index contributed by atoms with van der Waals surface area (Å²) in [6.07, 6.45) is 2.31. The average Bonchev–Trinajstić information content (AvgIpc) is 2.82. The maximum Gasteiger partial charge on any atom is 0.0423 e. The lowest BCUT2D eigenvalue weighted by Gasteiger charge is -2.13. The van der Waals surface area contributed by atoms with Crippen LogP contribution in [-0.4, -0.2) is 6.54 Å². The first kappa shape index (κ1) is 12.1. The molecule has 1 aromatic carbocycles. The molecule has 1 nitrogen and oxygen atoms in total. The van der Waals surface area contributed by atoms with Gasteiger partial charge in [0.1, 0.15) is 0 Å². The Hall–Kier alpha value is 0.0500. The van der Waals surface area contributed by atoms with E-state index in [1.54, 1.807) is 6.07 Å². The van der Waals surface area contributed by atoms with E-state index >= 15 is 0 Å². The molecule has 1 aliphatic carbocycles. The summed E-state index contributed by atoms with van der Waals surface area (Å²) < 4.78 is 0. The first-order valence-corrected chi connectivity index (χ1v) is 5.08. The van der Waals surface area contributed by atoms with Crippen molar-refractivity contribution in [2.45, 2.75) is 18.3 Å². The minimum Gasteiger partial charge on any atom is -0.330 e. The second kappa shape index (κ2) is 4.28. The second-order valence-electron chi connectivity index (χ2n) is 3.64. The van der Waals surface area contributed by atoms with Crippen LogP contribution in [0.3, 0.4) is 0 Å². The molecular weight excluding hydrogens is 240 g/mol. The van der Waals surface area contributed by atoms with Crippen molar-refractivity contribution in [2.75, 3.05) is 6.54 Å². The molecule has 0 saturated heterocycles. The largest absolute Gasteiger partial charge is 0.330 e. The van der Waals surface area contributed by atoms with Gasteiger partial charge in [0, 0.05) is 22.0 Å². The third kappa shape index (κ3) is 2.17. The lowest BCUT2D eigenvalue weighted by Crippen LogP contribution is -2.19. The molecule has 14 heavy (non-hydrogen) atoms. The van der Waals surface area contributed by atoms with Crippen molar-refractivity contribution in [1.29, 1.82) is 0 Å². The zero-order chi connectivity index (χ0) is 9.47. The van der Waals surface area contributed by atoms with E-state index < -0.39 is 0 Å². The Morgan fingerprint density at radius 1 is 1.14 bits per heavy atom. The fraction of sp³-hybridized carbons (Fsp3) is 0.400. The van der Waals surface area contributed by atoms with Crippen LogP contribution in [-0.2, 0) is 5.41 Å². The van der Waals surface area contributed by atoms with E-state index in [9.17, 15) is 0 Å². The smallest absolute Gasteiger partial charge is 0.0423 e. The monoisotopic (exact) mass is 251 g/mol. The van der Waals surface area contributed by atoms with Crippen molar-refractivity contribution in [3.63, 3.8) is 0 Å². The summed E-state index contributed by atoms with van der Waals surface area (Å²) in [5, 5.41) is 1.39. The third-order valence-corrected chi connectivity index (χ3v) is 3.16. The molecular formula is C10H12Cl3N. The lowest BCUT2D eigenvalue weighted by atomic mass is 9.96. The minimum atomic E-state index is 0. The van der Waals surface area contributed by atoms with E-state index in [-0.39, 0.29) is 17.8 Å². The van der Waals surface area contributed by atoms with Crippen LogP contribution in [0.2, 0.25) is 10.0 Å². The molecule has 0 atom stereocenters. The topological polar surface area (TPSA) is 26.0 Å². The van der Waals surface area contributed by atoms with Crippen molar-refractivity contribution in [3.05, 3.63) is 33.8 Å².